The number of aromatic nitrogens is 3. The molecule has 0 unspecified atom stereocenters. The molecule has 2 heterocycles. The summed E-state index contributed by atoms with van der Waals surface area (Å²) in [7, 11) is 0. The first kappa shape index (κ1) is 16.3. The van der Waals surface area contributed by atoms with E-state index in [2.05, 4.69) is 27.4 Å². The summed E-state index contributed by atoms with van der Waals surface area (Å²) >= 11 is 0. The predicted octanol–water partition coefficient (Wildman–Crippen LogP) is 2.49. The molecule has 3 N–H and O–H groups in total. The number of pyridine rings is 1. The molecule has 0 bridgehead atoms. The van der Waals surface area contributed by atoms with Crippen molar-refractivity contribution in [3.05, 3.63) is 30.2 Å². The number of aliphatic imine (C=N–C) groups is 1. The van der Waals surface area contributed by atoms with E-state index < -0.39 is 0 Å². The quantitative estimate of drug-likeness (QED) is 0.424. The maximum Gasteiger partial charge on any atom is 0.189 e. The Bertz CT molecular complexity index is 589. The first-order valence-electron chi connectivity index (χ1n) is 8.13. The Morgan fingerprint density at radius 1 is 1.18 bits per heavy atom. The average Bonchev–Trinajstić information content (AvgIpc) is 2.95. The number of nitrogens with zero attached hydrogens (tertiary/aromatic N) is 4. The van der Waals surface area contributed by atoms with Crippen molar-refractivity contribution in [3.8, 4) is 0 Å². The summed E-state index contributed by atoms with van der Waals surface area (Å²) in [6.07, 6.45) is 9.57. The van der Waals surface area contributed by atoms with Crippen molar-refractivity contribution < 1.29 is 0 Å². The van der Waals surface area contributed by atoms with Gasteiger partial charge in [-0.15, -0.1) is 10.2 Å². The molecule has 0 aromatic carbocycles. The molecule has 0 aliphatic carbocycles. The van der Waals surface area contributed by atoms with E-state index in [0.717, 1.165) is 24.4 Å². The van der Waals surface area contributed by atoms with Crippen LogP contribution in [0.1, 0.15) is 51.3 Å². The van der Waals surface area contributed by atoms with Crippen molar-refractivity contribution in [2.75, 3.05) is 6.54 Å². The van der Waals surface area contributed by atoms with Crippen molar-refractivity contribution in [1.82, 2.24) is 19.9 Å². The zero-order valence-electron chi connectivity index (χ0n) is 13.3. The summed E-state index contributed by atoms with van der Waals surface area (Å²) in [6, 6.07) is 5.80. The second kappa shape index (κ2) is 9.02. The minimum absolute atomic E-state index is 0.431. The van der Waals surface area contributed by atoms with Gasteiger partial charge in [-0.3, -0.25) is 4.40 Å². The van der Waals surface area contributed by atoms with Crippen molar-refractivity contribution in [1.29, 1.82) is 0 Å². The summed E-state index contributed by atoms with van der Waals surface area (Å²) in [4.78, 5) is 4.32. The highest BCUT2D eigenvalue weighted by molar-refractivity contribution is 5.77. The van der Waals surface area contributed by atoms with Gasteiger partial charge in [0.15, 0.2) is 17.4 Å². The SMILES string of the molecule is CCCCCCCCNC(N)=NCc1nnc2ccccn12. The standard InChI is InChI=1S/C16H26N6/c1-2-3-4-5-6-8-11-18-16(17)19-13-15-21-20-14-10-7-9-12-22(14)15/h7,9-10,12H,2-6,8,11,13H2,1H3,(H3,17,18,19). The van der Waals surface area contributed by atoms with Crippen LogP contribution in [0.4, 0.5) is 0 Å². The third-order valence-electron chi connectivity index (χ3n) is 3.61. The maximum atomic E-state index is 5.88. The molecule has 0 aliphatic rings. The largest absolute Gasteiger partial charge is 0.370 e. The van der Waals surface area contributed by atoms with Gasteiger partial charge in [-0.25, -0.2) is 4.99 Å². The van der Waals surface area contributed by atoms with E-state index in [-0.39, 0.29) is 0 Å². The van der Waals surface area contributed by atoms with E-state index >= 15 is 0 Å². The molecule has 6 heteroatoms. The Morgan fingerprint density at radius 3 is 2.86 bits per heavy atom. The summed E-state index contributed by atoms with van der Waals surface area (Å²) in [5.74, 6) is 1.26. The van der Waals surface area contributed by atoms with Crippen LogP contribution in [0.3, 0.4) is 0 Å². The van der Waals surface area contributed by atoms with Crippen LogP contribution in [0, 0.1) is 0 Å². The molecule has 0 saturated carbocycles. The smallest absolute Gasteiger partial charge is 0.189 e. The molecule has 22 heavy (non-hydrogen) atoms. The predicted molar refractivity (Wildman–Crippen MR) is 89.7 cm³/mol. The maximum absolute atomic E-state index is 5.88. The van der Waals surface area contributed by atoms with Gasteiger partial charge in [0.1, 0.15) is 6.54 Å². The Balaban J connectivity index is 1.69. The zero-order chi connectivity index (χ0) is 15.6. The highest BCUT2D eigenvalue weighted by Crippen LogP contribution is 2.05. The van der Waals surface area contributed by atoms with E-state index in [0.29, 0.717) is 12.5 Å². The van der Waals surface area contributed by atoms with Gasteiger partial charge in [0.25, 0.3) is 0 Å². The molecule has 6 nitrogen and oxygen atoms in total. The van der Waals surface area contributed by atoms with Gasteiger partial charge in [0, 0.05) is 12.7 Å². The van der Waals surface area contributed by atoms with Crippen LogP contribution < -0.4 is 11.1 Å². The molecule has 0 amide bonds. The molecule has 2 aromatic heterocycles. The first-order chi connectivity index (χ1) is 10.8. The number of rotatable bonds is 9. The molecule has 0 atom stereocenters. The van der Waals surface area contributed by atoms with Crippen molar-refractivity contribution in [2.24, 2.45) is 10.7 Å². The Kier molecular flexibility index (Phi) is 6.67. The average molecular weight is 302 g/mol. The van der Waals surface area contributed by atoms with Crippen LogP contribution in [0.2, 0.25) is 0 Å². The molecule has 0 fully saturated rings. The summed E-state index contributed by atoms with van der Waals surface area (Å²) in [5.41, 5.74) is 6.70. The van der Waals surface area contributed by atoms with Crippen LogP contribution in [0.25, 0.3) is 5.65 Å². The lowest BCUT2D eigenvalue weighted by Crippen LogP contribution is -2.32. The fourth-order valence-electron chi connectivity index (χ4n) is 2.33. The van der Waals surface area contributed by atoms with E-state index in [1.807, 2.05) is 28.8 Å². The molecular weight excluding hydrogens is 276 g/mol. The Hall–Kier alpha value is -2.11. The molecule has 2 aromatic rings. The van der Waals surface area contributed by atoms with Crippen molar-refractivity contribution in [3.63, 3.8) is 0 Å². The number of unbranched alkanes of at least 4 members (excludes halogenated alkanes) is 5. The van der Waals surface area contributed by atoms with Gasteiger partial charge in [-0.1, -0.05) is 45.1 Å². The summed E-state index contributed by atoms with van der Waals surface area (Å²) in [6.45, 7) is 3.54. The van der Waals surface area contributed by atoms with Crippen LogP contribution in [0.15, 0.2) is 29.4 Å². The fourth-order valence-corrected chi connectivity index (χ4v) is 2.33. The van der Waals surface area contributed by atoms with E-state index in [1.165, 1.54) is 32.1 Å². The van der Waals surface area contributed by atoms with Crippen LogP contribution in [-0.4, -0.2) is 27.1 Å². The molecule has 0 spiro atoms. The van der Waals surface area contributed by atoms with Gasteiger partial charge < -0.3 is 11.1 Å². The number of nitrogens with one attached hydrogen (secondary N) is 1. The summed E-state index contributed by atoms with van der Waals surface area (Å²) in [5, 5.41) is 11.4. The van der Waals surface area contributed by atoms with Gasteiger partial charge in [-0.2, -0.15) is 0 Å². The number of fused-ring (bicyclic) bond motifs is 1. The molecular formula is C16H26N6. The van der Waals surface area contributed by atoms with Gasteiger partial charge in [0.2, 0.25) is 0 Å². The van der Waals surface area contributed by atoms with E-state index in [9.17, 15) is 0 Å². The minimum Gasteiger partial charge on any atom is -0.370 e. The number of guanidine groups is 1. The van der Waals surface area contributed by atoms with Gasteiger partial charge in [0.05, 0.1) is 0 Å². The normalized spacial score (nSPS) is 12.0. The highest BCUT2D eigenvalue weighted by Gasteiger charge is 2.03. The third-order valence-corrected chi connectivity index (χ3v) is 3.61. The number of hydrogen-bond donors (Lipinski definition) is 2. The number of nitrogens with two attached hydrogens (primary N) is 1. The lowest BCUT2D eigenvalue weighted by Gasteiger charge is -2.05. The lowest BCUT2D eigenvalue weighted by atomic mass is 10.1. The van der Waals surface area contributed by atoms with Crippen molar-refractivity contribution in [2.45, 2.75) is 52.0 Å². The monoisotopic (exact) mass is 302 g/mol. The molecule has 0 saturated heterocycles. The molecule has 120 valence electrons. The number of hydrogen-bond acceptors (Lipinski definition) is 3. The first-order valence-corrected chi connectivity index (χ1v) is 8.13. The van der Waals surface area contributed by atoms with E-state index in [1.54, 1.807) is 0 Å². The Labute approximate surface area is 131 Å². The fraction of sp³-hybridized carbons (Fsp3) is 0.562. The molecule has 0 aliphatic heterocycles. The second-order valence-corrected chi connectivity index (χ2v) is 5.44. The van der Waals surface area contributed by atoms with Crippen LogP contribution in [0.5, 0.6) is 0 Å². The minimum atomic E-state index is 0.431. The van der Waals surface area contributed by atoms with Crippen LogP contribution >= 0.6 is 0 Å². The third kappa shape index (κ3) is 5.02. The van der Waals surface area contributed by atoms with Crippen molar-refractivity contribution >= 4 is 11.6 Å². The highest BCUT2D eigenvalue weighted by atomic mass is 15.3. The van der Waals surface area contributed by atoms with E-state index in [4.69, 9.17) is 5.73 Å². The summed E-state index contributed by atoms with van der Waals surface area (Å²) < 4.78 is 1.92. The zero-order valence-corrected chi connectivity index (χ0v) is 13.3. The lowest BCUT2D eigenvalue weighted by molar-refractivity contribution is 0.601. The van der Waals surface area contributed by atoms with Gasteiger partial charge >= 0.3 is 0 Å². The van der Waals surface area contributed by atoms with Gasteiger partial charge in [-0.05, 0) is 18.6 Å². The second-order valence-electron chi connectivity index (χ2n) is 5.44. The topological polar surface area (TPSA) is 80.6 Å². The molecule has 0 radical (unpaired) electrons. The molecule has 2 rings (SSSR count). The van der Waals surface area contributed by atoms with Crippen LogP contribution in [-0.2, 0) is 6.54 Å². The Morgan fingerprint density at radius 2 is 2.00 bits per heavy atom.